The molecule has 0 amide bonds. The number of allylic oxidation sites excluding steroid dienone is 1. The van der Waals surface area contributed by atoms with Crippen molar-refractivity contribution in [3.63, 3.8) is 0 Å². The smallest absolute Gasteiger partial charge is 0.131 e. The molecular weight excluding hydrogens is 367 g/mol. The van der Waals surface area contributed by atoms with Gasteiger partial charge in [-0.15, -0.1) is 6.58 Å². The van der Waals surface area contributed by atoms with Crippen LogP contribution in [0.1, 0.15) is 82.3 Å². The van der Waals surface area contributed by atoms with Gasteiger partial charge in [0.05, 0.1) is 0 Å². The van der Waals surface area contributed by atoms with Crippen LogP contribution in [0.15, 0.2) is 55.1 Å². The van der Waals surface area contributed by atoms with E-state index in [1.807, 2.05) is 24.3 Å². The van der Waals surface area contributed by atoms with E-state index in [1.165, 1.54) is 63.4 Å². The fraction of sp³-hybridized carbons (Fsp3) is 0.517. The van der Waals surface area contributed by atoms with E-state index in [1.54, 1.807) is 6.07 Å². The Morgan fingerprint density at radius 3 is 2.17 bits per heavy atom. The van der Waals surface area contributed by atoms with Crippen LogP contribution in [0.4, 0.5) is 4.39 Å². The van der Waals surface area contributed by atoms with Gasteiger partial charge in [0.25, 0.3) is 0 Å². The van der Waals surface area contributed by atoms with Gasteiger partial charge < -0.3 is 0 Å². The Morgan fingerprint density at radius 2 is 1.53 bits per heavy atom. The summed E-state index contributed by atoms with van der Waals surface area (Å²) in [5.41, 5.74) is 4.09. The Kier molecular flexibility index (Phi) is 9.18. The minimum Gasteiger partial charge on any atom is -0.206 e. The molecule has 1 heteroatoms. The van der Waals surface area contributed by atoms with E-state index in [4.69, 9.17) is 0 Å². The minimum atomic E-state index is -0.0917. The Morgan fingerprint density at radius 1 is 0.867 bits per heavy atom. The van der Waals surface area contributed by atoms with E-state index >= 15 is 0 Å². The molecule has 0 bridgehead atoms. The van der Waals surface area contributed by atoms with Crippen molar-refractivity contribution < 1.29 is 4.39 Å². The summed E-state index contributed by atoms with van der Waals surface area (Å²) < 4.78 is 14.8. The molecule has 0 saturated heterocycles. The molecule has 0 aliphatic heterocycles. The molecule has 162 valence electrons. The third-order valence-corrected chi connectivity index (χ3v) is 6.96. The summed E-state index contributed by atoms with van der Waals surface area (Å²) in [7, 11) is 0. The Bertz CT molecular complexity index is 765. The molecule has 0 nitrogen and oxygen atoms in total. The number of unbranched alkanes of at least 4 members (excludes halogenated alkanes) is 2. The number of hydrogen-bond acceptors (Lipinski definition) is 0. The van der Waals surface area contributed by atoms with Gasteiger partial charge in [-0.2, -0.15) is 0 Å². The molecule has 2 aromatic carbocycles. The van der Waals surface area contributed by atoms with Crippen molar-refractivity contribution in [3.8, 4) is 11.1 Å². The van der Waals surface area contributed by atoms with Gasteiger partial charge in [-0.1, -0.05) is 101 Å². The lowest BCUT2D eigenvalue weighted by atomic mass is 9.78. The highest BCUT2D eigenvalue weighted by molar-refractivity contribution is 5.64. The molecule has 1 aliphatic rings. The van der Waals surface area contributed by atoms with E-state index in [2.05, 4.69) is 31.7 Å². The summed E-state index contributed by atoms with van der Waals surface area (Å²) in [4.78, 5) is 0. The quantitative estimate of drug-likeness (QED) is 0.258. The molecule has 0 radical (unpaired) electrons. The Balaban J connectivity index is 1.48. The maximum absolute atomic E-state index is 14.8. The monoisotopic (exact) mass is 406 g/mol. The molecule has 0 atom stereocenters. The van der Waals surface area contributed by atoms with Gasteiger partial charge in [0.15, 0.2) is 0 Å². The number of benzene rings is 2. The first-order valence-electron chi connectivity index (χ1n) is 12.2. The van der Waals surface area contributed by atoms with Crippen LogP contribution < -0.4 is 0 Å². The topological polar surface area (TPSA) is 0 Å². The van der Waals surface area contributed by atoms with E-state index in [9.17, 15) is 4.39 Å². The van der Waals surface area contributed by atoms with Gasteiger partial charge in [-0.25, -0.2) is 4.39 Å². The molecule has 2 aromatic rings. The van der Waals surface area contributed by atoms with Crippen molar-refractivity contribution in [1.82, 2.24) is 0 Å². The summed E-state index contributed by atoms with van der Waals surface area (Å²) in [5.74, 6) is 1.71. The molecule has 0 unspecified atom stereocenters. The molecule has 3 rings (SSSR count). The largest absolute Gasteiger partial charge is 0.206 e. The summed E-state index contributed by atoms with van der Waals surface area (Å²) in [6.07, 6.45) is 17.2. The van der Waals surface area contributed by atoms with Crippen molar-refractivity contribution in [2.75, 3.05) is 0 Å². The van der Waals surface area contributed by atoms with Crippen LogP contribution in [0.5, 0.6) is 0 Å². The molecule has 1 aliphatic carbocycles. The van der Waals surface area contributed by atoms with Gasteiger partial charge >= 0.3 is 0 Å². The van der Waals surface area contributed by atoms with Gasteiger partial charge in [-0.3, -0.25) is 0 Å². The molecule has 0 N–H and O–H groups in total. The first-order valence-corrected chi connectivity index (χ1v) is 12.2. The first-order chi connectivity index (χ1) is 14.7. The number of halogens is 1. The van der Waals surface area contributed by atoms with Crippen LogP contribution in [0.3, 0.4) is 0 Å². The van der Waals surface area contributed by atoms with Crippen molar-refractivity contribution >= 4 is 0 Å². The standard InChI is InChI=1S/C29H39F/c1-3-5-7-9-24-10-12-25(13-11-24)14-15-26-18-21-28(29(30)22-26)27-19-16-23(17-20-27)8-6-4-2/h4,16-22,24-25H,2-3,5-15H2,1H3. The first kappa shape index (κ1) is 22.8. The second-order valence-corrected chi connectivity index (χ2v) is 9.26. The summed E-state index contributed by atoms with van der Waals surface area (Å²) in [5, 5.41) is 0. The number of aryl methyl sites for hydroxylation is 2. The second-order valence-electron chi connectivity index (χ2n) is 9.26. The molecule has 1 saturated carbocycles. The second kappa shape index (κ2) is 12.1. The molecule has 0 aromatic heterocycles. The third kappa shape index (κ3) is 6.83. The normalized spacial score (nSPS) is 19.0. The molecule has 0 spiro atoms. The summed E-state index contributed by atoms with van der Waals surface area (Å²) in [6, 6.07) is 14.1. The molecule has 30 heavy (non-hydrogen) atoms. The average molecular weight is 407 g/mol. The number of rotatable bonds is 11. The lowest BCUT2D eigenvalue weighted by molar-refractivity contribution is 0.249. The summed E-state index contributed by atoms with van der Waals surface area (Å²) in [6.45, 7) is 6.06. The maximum atomic E-state index is 14.8. The van der Waals surface area contributed by atoms with Crippen molar-refractivity contribution in [3.05, 3.63) is 72.1 Å². The lowest BCUT2D eigenvalue weighted by Crippen LogP contribution is -2.15. The van der Waals surface area contributed by atoms with Crippen LogP contribution in [0.25, 0.3) is 11.1 Å². The predicted molar refractivity (Wildman–Crippen MR) is 128 cm³/mol. The Labute approximate surface area is 183 Å². The van der Waals surface area contributed by atoms with Gasteiger partial charge in [0, 0.05) is 5.56 Å². The zero-order valence-electron chi connectivity index (χ0n) is 18.8. The highest BCUT2D eigenvalue weighted by Gasteiger charge is 2.20. The highest BCUT2D eigenvalue weighted by atomic mass is 19.1. The number of hydrogen-bond donors (Lipinski definition) is 0. The minimum absolute atomic E-state index is 0.0917. The van der Waals surface area contributed by atoms with Crippen LogP contribution in [0.2, 0.25) is 0 Å². The highest BCUT2D eigenvalue weighted by Crippen LogP contribution is 2.34. The maximum Gasteiger partial charge on any atom is 0.131 e. The molecule has 0 heterocycles. The van der Waals surface area contributed by atoms with E-state index in [0.29, 0.717) is 5.56 Å². The van der Waals surface area contributed by atoms with Gasteiger partial charge in [0.1, 0.15) is 5.82 Å². The van der Waals surface area contributed by atoms with Crippen LogP contribution in [-0.2, 0) is 12.8 Å². The van der Waals surface area contributed by atoms with Crippen molar-refractivity contribution in [1.29, 1.82) is 0 Å². The third-order valence-electron chi connectivity index (χ3n) is 6.96. The zero-order valence-corrected chi connectivity index (χ0v) is 18.8. The van der Waals surface area contributed by atoms with Crippen molar-refractivity contribution in [2.24, 2.45) is 11.8 Å². The van der Waals surface area contributed by atoms with E-state index in [0.717, 1.165) is 42.2 Å². The molecule has 1 fully saturated rings. The van der Waals surface area contributed by atoms with E-state index < -0.39 is 0 Å². The van der Waals surface area contributed by atoms with Crippen molar-refractivity contribution in [2.45, 2.75) is 84.0 Å². The summed E-state index contributed by atoms with van der Waals surface area (Å²) >= 11 is 0. The van der Waals surface area contributed by atoms with Gasteiger partial charge in [-0.05, 0) is 60.3 Å². The van der Waals surface area contributed by atoms with E-state index in [-0.39, 0.29) is 5.82 Å². The lowest BCUT2D eigenvalue weighted by Gasteiger charge is -2.28. The SMILES string of the molecule is C=CCCc1ccc(-c2ccc(CCC3CCC(CCCCC)CC3)cc2F)cc1. The fourth-order valence-electron chi connectivity index (χ4n) is 4.93. The van der Waals surface area contributed by atoms with Crippen LogP contribution >= 0.6 is 0 Å². The zero-order chi connectivity index (χ0) is 21.2. The van der Waals surface area contributed by atoms with Gasteiger partial charge in [0.2, 0.25) is 0 Å². The Hall–Kier alpha value is -1.89. The average Bonchev–Trinajstić information content (AvgIpc) is 2.78. The van der Waals surface area contributed by atoms with Crippen LogP contribution in [0, 0.1) is 17.7 Å². The van der Waals surface area contributed by atoms with Crippen LogP contribution in [-0.4, -0.2) is 0 Å². The molecular formula is C29H39F. The fourth-order valence-corrected chi connectivity index (χ4v) is 4.93. The predicted octanol–water partition coefficient (Wildman–Crippen LogP) is 8.93.